The van der Waals surface area contributed by atoms with Gasteiger partial charge in [0.1, 0.15) is 0 Å². The third kappa shape index (κ3) is 4.86. The first-order valence-corrected chi connectivity index (χ1v) is 10.9. The molecule has 10 heteroatoms. The van der Waals surface area contributed by atoms with E-state index in [2.05, 4.69) is 15.0 Å². The Balaban J connectivity index is 1.56. The molecule has 0 spiro atoms. The number of aromatic nitrogens is 2. The summed E-state index contributed by atoms with van der Waals surface area (Å²) < 4.78 is 40.0. The van der Waals surface area contributed by atoms with Gasteiger partial charge in [-0.2, -0.15) is 22.0 Å². The largest absolute Gasteiger partial charge is 0.373 e. The molecule has 0 amide bonds. The van der Waals surface area contributed by atoms with E-state index in [0.717, 1.165) is 0 Å². The molecule has 1 aromatic rings. The minimum absolute atomic E-state index is 0.0833. The van der Waals surface area contributed by atoms with E-state index in [1.807, 2.05) is 34.6 Å². The molecular weight excluding hydrogens is 370 g/mol. The van der Waals surface area contributed by atoms with Crippen LogP contribution in [0.5, 0.6) is 0 Å². The van der Waals surface area contributed by atoms with Crippen LogP contribution in [0.4, 0.5) is 0 Å². The van der Waals surface area contributed by atoms with Gasteiger partial charge in [0, 0.05) is 44.7 Å². The molecule has 1 aromatic heterocycles. The molecule has 9 nitrogen and oxygen atoms in total. The van der Waals surface area contributed by atoms with Gasteiger partial charge in [-0.05, 0) is 13.8 Å². The third-order valence-corrected chi connectivity index (χ3v) is 6.81. The molecule has 0 saturated carbocycles. The fraction of sp³-hybridized carbons (Fsp3) is 0.882. The van der Waals surface area contributed by atoms with Gasteiger partial charge in [0.15, 0.2) is 5.82 Å². The van der Waals surface area contributed by atoms with Crippen molar-refractivity contribution in [3.63, 3.8) is 0 Å². The van der Waals surface area contributed by atoms with Crippen molar-refractivity contribution < 1.29 is 17.7 Å². The topological polar surface area (TPSA) is 92.0 Å². The van der Waals surface area contributed by atoms with Gasteiger partial charge in [-0.25, -0.2) is 0 Å². The van der Waals surface area contributed by atoms with Crippen molar-refractivity contribution in [1.82, 2.24) is 23.7 Å². The first kappa shape index (κ1) is 20.7. The first-order chi connectivity index (χ1) is 12.6. The number of nitrogens with zero attached hydrogens (tertiary/aromatic N) is 5. The summed E-state index contributed by atoms with van der Waals surface area (Å²) in [4.78, 5) is 6.62. The van der Waals surface area contributed by atoms with Crippen LogP contribution in [0.25, 0.3) is 0 Å². The van der Waals surface area contributed by atoms with Crippen LogP contribution in [0, 0.1) is 0 Å². The van der Waals surface area contributed by atoms with Crippen molar-refractivity contribution in [2.45, 2.75) is 58.8 Å². The Morgan fingerprint density at radius 2 is 1.63 bits per heavy atom. The number of piperazine rings is 1. The summed E-state index contributed by atoms with van der Waals surface area (Å²) in [5, 5.41) is 4.05. The third-order valence-electron chi connectivity index (χ3n) is 4.84. The lowest BCUT2D eigenvalue weighted by Gasteiger charge is -2.40. The maximum atomic E-state index is 12.9. The Labute approximate surface area is 161 Å². The van der Waals surface area contributed by atoms with Gasteiger partial charge in [0.25, 0.3) is 10.2 Å². The monoisotopic (exact) mass is 401 g/mol. The van der Waals surface area contributed by atoms with Crippen molar-refractivity contribution in [3.8, 4) is 0 Å². The van der Waals surface area contributed by atoms with Crippen molar-refractivity contribution in [3.05, 3.63) is 11.7 Å². The molecule has 0 unspecified atom stereocenters. The molecule has 2 aliphatic rings. The first-order valence-electron chi connectivity index (χ1n) is 9.52. The van der Waals surface area contributed by atoms with E-state index in [1.54, 1.807) is 8.61 Å². The molecule has 0 aliphatic carbocycles. The van der Waals surface area contributed by atoms with Crippen LogP contribution in [0.2, 0.25) is 0 Å². The summed E-state index contributed by atoms with van der Waals surface area (Å²) in [6.07, 6.45) is -0.167. The molecule has 2 saturated heterocycles. The SMILES string of the molecule is C[C@@H]1CN(S(=O)(=O)N2CCN(Cc3noc(C(C)(C)C)n3)CC2)C[C@@H](C)O1. The minimum atomic E-state index is -3.45. The number of hydrogen-bond acceptors (Lipinski definition) is 7. The van der Waals surface area contributed by atoms with E-state index in [1.165, 1.54) is 0 Å². The second kappa shape index (κ2) is 7.75. The van der Waals surface area contributed by atoms with Crippen LogP contribution in [0.15, 0.2) is 4.52 Å². The molecule has 2 atom stereocenters. The van der Waals surface area contributed by atoms with Crippen LogP contribution in [-0.4, -0.2) is 83.5 Å². The van der Waals surface area contributed by atoms with Gasteiger partial charge in [-0.1, -0.05) is 25.9 Å². The molecule has 0 aromatic carbocycles. The average molecular weight is 402 g/mol. The Hall–Kier alpha value is -1.07. The van der Waals surface area contributed by atoms with E-state index in [4.69, 9.17) is 9.26 Å². The normalized spacial score (nSPS) is 27.1. The summed E-state index contributed by atoms with van der Waals surface area (Å²) in [7, 11) is -3.45. The predicted molar refractivity (Wildman–Crippen MR) is 100 cm³/mol. The standard InChI is InChI=1S/C17H31N5O4S/c1-13-10-22(11-14(2)25-13)27(23,24)21-8-6-20(7-9-21)12-15-18-16(26-19-15)17(3,4)5/h13-14H,6-12H2,1-5H3/t13-,14-/m1/s1. The smallest absolute Gasteiger partial charge is 0.282 e. The zero-order valence-electron chi connectivity index (χ0n) is 16.9. The highest BCUT2D eigenvalue weighted by molar-refractivity contribution is 7.86. The van der Waals surface area contributed by atoms with Crippen LogP contribution in [0.1, 0.15) is 46.3 Å². The number of hydrogen-bond donors (Lipinski definition) is 0. The van der Waals surface area contributed by atoms with Crippen molar-refractivity contribution in [2.24, 2.45) is 0 Å². The van der Waals surface area contributed by atoms with Gasteiger partial charge in [0.05, 0.1) is 18.8 Å². The molecule has 2 aliphatic heterocycles. The lowest BCUT2D eigenvalue weighted by Crippen LogP contribution is -2.57. The molecule has 3 rings (SSSR count). The molecular formula is C17H31N5O4S. The zero-order chi connectivity index (χ0) is 19.8. The Bertz CT molecular complexity index is 727. The molecule has 0 N–H and O–H groups in total. The molecule has 154 valence electrons. The van der Waals surface area contributed by atoms with Crippen molar-refractivity contribution in [1.29, 1.82) is 0 Å². The summed E-state index contributed by atoms with van der Waals surface area (Å²) in [6.45, 7) is 13.5. The number of rotatable bonds is 4. The summed E-state index contributed by atoms with van der Waals surface area (Å²) in [5.41, 5.74) is -0.176. The quantitative estimate of drug-likeness (QED) is 0.738. The molecule has 3 heterocycles. The lowest BCUT2D eigenvalue weighted by atomic mass is 9.97. The molecule has 2 fully saturated rings. The van der Waals surface area contributed by atoms with E-state index in [9.17, 15) is 8.42 Å². The molecule has 27 heavy (non-hydrogen) atoms. The van der Waals surface area contributed by atoms with Crippen molar-refractivity contribution >= 4 is 10.2 Å². The van der Waals surface area contributed by atoms with Crippen LogP contribution >= 0.6 is 0 Å². The summed E-state index contributed by atoms with van der Waals surface area (Å²) in [6, 6.07) is 0. The molecule has 0 radical (unpaired) electrons. The van der Waals surface area contributed by atoms with Gasteiger partial charge < -0.3 is 9.26 Å². The van der Waals surface area contributed by atoms with Crippen LogP contribution in [0.3, 0.4) is 0 Å². The van der Waals surface area contributed by atoms with E-state index >= 15 is 0 Å². The Morgan fingerprint density at radius 1 is 1.04 bits per heavy atom. The van der Waals surface area contributed by atoms with Gasteiger partial charge in [0.2, 0.25) is 5.89 Å². The Kier molecular flexibility index (Phi) is 5.93. The van der Waals surface area contributed by atoms with E-state index < -0.39 is 10.2 Å². The highest BCUT2D eigenvalue weighted by atomic mass is 32.2. The Morgan fingerprint density at radius 3 is 2.15 bits per heavy atom. The van der Waals surface area contributed by atoms with E-state index in [0.29, 0.717) is 57.5 Å². The van der Waals surface area contributed by atoms with Gasteiger partial charge in [-0.3, -0.25) is 4.90 Å². The van der Waals surface area contributed by atoms with Gasteiger partial charge >= 0.3 is 0 Å². The highest BCUT2D eigenvalue weighted by Gasteiger charge is 2.36. The summed E-state index contributed by atoms with van der Waals surface area (Å²) >= 11 is 0. The number of ether oxygens (including phenoxy) is 1. The second-order valence-corrected chi connectivity index (χ2v) is 10.5. The second-order valence-electron chi connectivity index (χ2n) is 8.52. The zero-order valence-corrected chi connectivity index (χ0v) is 17.7. The van der Waals surface area contributed by atoms with E-state index in [-0.39, 0.29) is 17.6 Å². The fourth-order valence-corrected chi connectivity index (χ4v) is 5.17. The van der Waals surface area contributed by atoms with Crippen LogP contribution in [-0.2, 0) is 26.9 Å². The lowest BCUT2D eigenvalue weighted by molar-refractivity contribution is -0.0457. The average Bonchev–Trinajstić information content (AvgIpc) is 3.03. The maximum Gasteiger partial charge on any atom is 0.282 e. The minimum Gasteiger partial charge on any atom is -0.373 e. The summed E-state index contributed by atoms with van der Waals surface area (Å²) in [5.74, 6) is 1.27. The predicted octanol–water partition coefficient (Wildman–Crippen LogP) is 0.839. The fourth-order valence-electron chi connectivity index (χ4n) is 3.42. The van der Waals surface area contributed by atoms with Gasteiger partial charge in [-0.15, -0.1) is 0 Å². The van der Waals surface area contributed by atoms with Crippen LogP contribution < -0.4 is 0 Å². The van der Waals surface area contributed by atoms with Crippen molar-refractivity contribution in [2.75, 3.05) is 39.3 Å². The number of morpholine rings is 1. The highest BCUT2D eigenvalue weighted by Crippen LogP contribution is 2.21. The molecule has 0 bridgehead atoms. The maximum absolute atomic E-state index is 12.9.